The largest absolute Gasteiger partial charge is 0.354 e. The number of halogens is 2. The first-order valence-electron chi connectivity index (χ1n) is 11.4. The molecule has 2 aromatic rings. The highest BCUT2D eigenvalue weighted by Crippen LogP contribution is 2.26. The fourth-order valence-electron chi connectivity index (χ4n) is 3.63. The summed E-state index contributed by atoms with van der Waals surface area (Å²) in [7, 11) is -3.78. The van der Waals surface area contributed by atoms with Crippen LogP contribution in [0.2, 0.25) is 10.0 Å². The van der Waals surface area contributed by atoms with Gasteiger partial charge in [0.25, 0.3) is 0 Å². The van der Waals surface area contributed by atoms with Gasteiger partial charge in [-0.3, -0.25) is 13.9 Å². The molecule has 0 saturated heterocycles. The molecule has 2 aromatic carbocycles. The normalized spacial score (nSPS) is 12.2. The molecule has 0 spiro atoms. The molecule has 0 fully saturated rings. The standard InChI is InChI=1S/C25H33Cl2N3O4S/c1-6-7-12-28-25(32)19(4)29(15-20-9-10-21(26)22(27)14-20)24(31)16-30(35(5,33)34)23-11-8-17(2)13-18(23)3/h8-11,13-14,19H,6-7,12,15-16H2,1-5H3,(H,28,32)/t19-/m1/s1. The molecular formula is C25H33Cl2N3O4S. The van der Waals surface area contributed by atoms with Crippen molar-refractivity contribution in [3.8, 4) is 0 Å². The molecule has 0 heterocycles. The topological polar surface area (TPSA) is 86.8 Å². The zero-order valence-corrected chi connectivity index (χ0v) is 23.1. The molecule has 2 amide bonds. The lowest BCUT2D eigenvalue weighted by atomic mass is 10.1. The van der Waals surface area contributed by atoms with Crippen LogP contribution >= 0.6 is 23.2 Å². The van der Waals surface area contributed by atoms with Crippen LogP contribution in [-0.4, -0.2) is 50.5 Å². The molecule has 0 aromatic heterocycles. The van der Waals surface area contributed by atoms with Crippen LogP contribution in [0.1, 0.15) is 43.4 Å². The van der Waals surface area contributed by atoms with E-state index < -0.39 is 28.5 Å². The molecule has 0 saturated carbocycles. The summed E-state index contributed by atoms with van der Waals surface area (Å²) in [5.74, 6) is -0.830. The van der Waals surface area contributed by atoms with Crippen LogP contribution in [0.15, 0.2) is 36.4 Å². The lowest BCUT2D eigenvalue weighted by molar-refractivity contribution is -0.139. The minimum Gasteiger partial charge on any atom is -0.354 e. The summed E-state index contributed by atoms with van der Waals surface area (Å²) in [6.45, 7) is 7.44. The molecule has 0 radical (unpaired) electrons. The maximum atomic E-state index is 13.6. The van der Waals surface area contributed by atoms with E-state index in [1.54, 1.807) is 44.2 Å². The monoisotopic (exact) mass is 541 g/mol. The number of unbranched alkanes of at least 4 members (excludes halogenated alkanes) is 1. The number of nitrogens with one attached hydrogen (secondary N) is 1. The molecule has 0 aliphatic heterocycles. The van der Waals surface area contributed by atoms with Crippen molar-refractivity contribution >= 4 is 50.7 Å². The molecule has 0 bridgehead atoms. The zero-order chi connectivity index (χ0) is 26.3. The van der Waals surface area contributed by atoms with Crippen molar-refractivity contribution in [3.63, 3.8) is 0 Å². The lowest BCUT2D eigenvalue weighted by Crippen LogP contribution is -2.51. The number of nitrogens with zero attached hydrogens (tertiary/aromatic N) is 2. The second-order valence-electron chi connectivity index (χ2n) is 8.65. The number of hydrogen-bond acceptors (Lipinski definition) is 4. The highest BCUT2D eigenvalue weighted by molar-refractivity contribution is 7.92. The van der Waals surface area contributed by atoms with Crippen LogP contribution in [0.4, 0.5) is 5.69 Å². The third kappa shape index (κ3) is 8.12. The smallest absolute Gasteiger partial charge is 0.244 e. The lowest BCUT2D eigenvalue weighted by Gasteiger charge is -2.32. The van der Waals surface area contributed by atoms with E-state index in [4.69, 9.17) is 23.2 Å². The van der Waals surface area contributed by atoms with Crippen molar-refractivity contribution in [2.45, 2.75) is 53.1 Å². The molecule has 7 nitrogen and oxygen atoms in total. The minimum absolute atomic E-state index is 0.0581. The van der Waals surface area contributed by atoms with Gasteiger partial charge in [0, 0.05) is 13.1 Å². The summed E-state index contributed by atoms with van der Waals surface area (Å²) in [5.41, 5.74) is 2.79. The fraction of sp³-hybridized carbons (Fsp3) is 0.440. The Labute approximate surface area is 218 Å². The summed E-state index contributed by atoms with van der Waals surface area (Å²) in [6, 6.07) is 9.46. The van der Waals surface area contributed by atoms with Crippen molar-refractivity contribution in [1.29, 1.82) is 0 Å². The van der Waals surface area contributed by atoms with Gasteiger partial charge in [0.2, 0.25) is 21.8 Å². The fourth-order valence-corrected chi connectivity index (χ4v) is 4.86. The maximum Gasteiger partial charge on any atom is 0.244 e. The van der Waals surface area contributed by atoms with E-state index in [2.05, 4.69) is 5.32 Å². The van der Waals surface area contributed by atoms with E-state index in [1.807, 2.05) is 19.9 Å². The van der Waals surface area contributed by atoms with E-state index in [0.29, 0.717) is 27.8 Å². The first-order chi connectivity index (χ1) is 16.3. The quantitative estimate of drug-likeness (QED) is 0.417. The molecule has 0 aliphatic carbocycles. The molecule has 0 aliphatic rings. The highest BCUT2D eigenvalue weighted by atomic mass is 35.5. The van der Waals surface area contributed by atoms with Crippen molar-refractivity contribution in [3.05, 3.63) is 63.1 Å². The van der Waals surface area contributed by atoms with Crippen LogP contribution < -0.4 is 9.62 Å². The van der Waals surface area contributed by atoms with Crippen molar-refractivity contribution in [1.82, 2.24) is 10.2 Å². The Morgan fingerprint density at radius 3 is 2.31 bits per heavy atom. The average molecular weight is 543 g/mol. The van der Waals surface area contributed by atoms with Gasteiger partial charge in [0.1, 0.15) is 12.6 Å². The van der Waals surface area contributed by atoms with Crippen LogP contribution in [0.25, 0.3) is 0 Å². The van der Waals surface area contributed by atoms with Gasteiger partial charge < -0.3 is 10.2 Å². The molecule has 1 atom stereocenters. The predicted octanol–water partition coefficient (Wildman–Crippen LogP) is 4.71. The average Bonchev–Trinajstić information content (AvgIpc) is 2.77. The Hall–Kier alpha value is -2.29. The molecule has 2 rings (SSSR count). The van der Waals surface area contributed by atoms with E-state index in [-0.39, 0.29) is 12.5 Å². The second-order valence-corrected chi connectivity index (χ2v) is 11.4. The number of rotatable bonds is 11. The number of anilines is 1. The summed E-state index contributed by atoms with van der Waals surface area (Å²) in [6.07, 6.45) is 2.79. The van der Waals surface area contributed by atoms with Crippen molar-refractivity contribution in [2.24, 2.45) is 0 Å². The van der Waals surface area contributed by atoms with E-state index in [0.717, 1.165) is 34.5 Å². The van der Waals surface area contributed by atoms with Gasteiger partial charge in [-0.15, -0.1) is 0 Å². The molecule has 10 heteroatoms. The second kappa shape index (κ2) is 12.6. The Bertz CT molecular complexity index is 1170. The summed E-state index contributed by atoms with van der Waals surface area (Å²) < 4.78 is 26.5. The number of benzene rings is 2. The highest BCUT2D eigenvalue weighted by Gasteiger charge is 2.30. The van der Waals surface area contributed by atoms with Crippen LogP contribution in [0, 0.1) is 13.8 Å². The van der Waals surface area contributed by atoms with Gasteiger partial charge in [-0.2, -0.15) is 0 Å². The molecular weight excluding hydrogens is 509 g/mol. The number of aryl methyl sites for hydroxylation is 2. The maximum absolute atomic E-state index is 13.6. The Morgan fingerprint density at radius 2 is 1.74 bits per heavy atom. The van der Waals surface area contributed by atoms with E-state index >= 15 is 0 Å². The van der Waals surface area contributed by atoms with E-state index in [9.17, 15) is 18.0 Å². The van der Waals surface area contributed by atoms with Gasteiger partial charge in [-0.1, -0.05) is 60.3 Å². The molecule has 1 N–H and O–H groups in total. The minimum atomic E-state index is -3.78. The first-order valence-corrected chi connectivity index (χ1v) is 14.0. The van der Waals surface area contributed by atoms with Gasteiger partial charge in [-0.25, -0.2) is 8.42 Å². The van der Waals surface area contributed by atoms with Crippen molar-refractivity contribution in [2.75, 3.05) is 23.7 Å². The van der Waals surface area contributed by atoms with Crippen molar-refractivity contribution < 1.29 is 18.0 Å². The molecule has 192 valence electrons. The Balaban J connectivity index is 2.40. The van der Waals surface area contributed by atoms with Crippen LogP contribution in [-0.2, 0) is 26.2 Å². The number of carbonyl (C=O) groups excluding carboxylic acids is 2. The third-order valence-electron chi connectivity index (χ3n) is 5.63. The van der Waals surface area contributed by atoms with Gasteiger partial charge in [0.05, 0.1) is 22.0 Å². The number of sulfonamides is 1. The summed E-state index contributed by atoms with van der Waals surface area (Å²) in [5, 5.41) is 3.54. The predicted molar refractivity (Wildman–Crippen MR) is 142 cm³/mol. The summed E-state index contributed by atoms with van der Waals surface area (Å²) >= 11 is 12.2. The van der Waals surface area contributed by atoms with Crippen LogP contribution in [0.5, 0.6) is 0 Å². The Kier molecular flexibility index (Phi) is 10.4. The zero-order valence-electron chi connectivity index (χ0n) is 20.8. The molecule has 0 unspecified atom stereocenters. The van der Waals surface area contributed by atoms with Gasteiger partial charge >= 0.3 is 0 Å². The SMILES string of the molecule is CCCCNC(=O)[C@@H](C)N(Cc1ccc(Cl)c(Cl)c1)C(=O)CN(c1ccc(C)cc1C)S(C)(=O)=O. The Morgan fingerprint density at radius 1 is 1.06 bits per heavy atom. The summed E-state index contributed by atoms with van der Waals surface area (Å²) in [4.78, 5) is 27.8. The number of amides is 2. The molecule has 35 heavy (non-hydrogen) atoms. The van der Waals surface area contributed by atoms with Gasteiger partial charge in [-0.05, 0) is 56.5 Å². The van der Waals surface area contributed by atoms with Crippen LogP contribution in [0.3, 0.4) is 0 Å². The van der Waals surface area contributed by atoms with Gasteiger partial charge in [0.15, 0.2) is 0 Å². The third-order valence-corrected chi connectivity index (χ3v) is 7.50. The van der Waals surface area contributed by atoms with E-state index in [1.165, 1.54) is 4.90 Å². The number of hydrogen-bond donors (Lipinski definition) is 1. The first kappa shape index (κ1) is 28.9. The number of carbonyl (C=O) groups is 2.